The first kappa shape index (κ1) is 24.9. The SMILES string of the molecule is COCCN(CCC(=O)Nc1ccc(F)cc1)C(=O)c1csc(Nc2ccc(Cl)c(Cl)c2)n1. The summed E-state index contributed by atoms with van der Waals surface area (Å²) in [5, 5.41) is 8.76. The largest absolute Gasteiger partial charge is 0.383 e. The van der Waals surface area contributed by atoms with Gasteiger partial charge in [-0.3, -0.25) is 9.59 Å². The molecule has 2 amide bonds. The van der Waals surface area contributed by atoms with Crippen molar-refractivity contribution >= 4 is 62.9 Å². The lowest BCUT2D eigenvalue weighted by Gasteiger charge is -2.21. The van der Waals surface area contributed by atoms with Gasteiger partial charge in [0.05, 0.1) is 16.7 Å². The molecule has 0 spiro atoms. The summed E-state index contributed by atoms with van der Waals surface area (Å²) in [5.74, 6) is -1.00. The molecule has 1 heterocycles. The maximum atomic E-state index is 13.0. The van der Waals surface area contributed by atoms with Gasteiger partial charge in [-0.2, -0.15) is 0 Å². The first-order valence-corrected chi connectivity index (χ1v) is 11.5. The van der Waals surface area contributed by atoms with Crippen LogP contribution in [0.4, 0.5) is 20.9 Å². The topological polar surface area (TPSA) is 83.6 Å². The zero-order valence-corrected chi connectivity index (χ0v) is 19.9. The Bertz CT molecular complexity index is 1110. The van der Waals surface area contributed by atoms with E-state index in [0.29, 0.717) is 39.7 Å². The van der Waals surface area contributed by atoms with Crippen molar-refractivity contribution in [3.8, 4) is 0 Å². The van der Waals surface area contributed by atoms with E-state index in [9.17, 15) is 14.0 Å². The van der Waals surface area contributed by atoms with Crippen LogP contribution >= 0.6 is 34.5 Å². The van der Waals surface area contributed by atoms with Gasteiger partial charge in [0.25, 0.3) is 5.91 Å². The van der Waals surface area contributed by atoms with Crippen LogP contribution in [0.2, 0.25) is 10.0 Å². The predicted molar refractivity (Wildman–Crippen MR) is 129 cm³/mol. The monoisotopic (exact) mass is 510 g/mol. The number of carbonyl (C=O) groups is 2. The highest BCUT2D eigenvalue weighted by atomic mass is 35.5. The van der Waals surface area contributed by atoms with E-state index in [-0.39, 0.29) is 36.3 Å². The number of carbonyl (C=O) groups excluding carboxylic acids is 2. The normalized spacial score (nSPS) is 10.7. The van der Waals surface area contributed by atoms with Gasteiger partial charge in [0.1, 0.15) is 11.5 Å². The fourth-order valence-electron chi connectivity index (χ4n) is 2.80. The molecule has 0 atom stereocenters. The van der Waals surface area contributed by atoms with Gasteiger partial charge in [-0.25, -0.2) is 9.37 Å². The molecule has 0 unspecified atom stereocenters. The summed E-state index contributed by atoms with van der Waals surface area (Å²) in [6, 6.07) is 10.5. The lowest BCUT2D eigenvalue weighted by atomic mass is 10.3. The van der Waals surface area contributed by atoms with Crippen molar-refractivity contribution in [2.45, 2.75) is 6.42 Å². The molecule has 0 bridgehead atoms. The van der Waals surface area contributed by atoms with Crippen LogP contribution in [0.25, 0.3) is 0 Å². The fourth-order valence-corrected chi connectivity index (χ4v) is 3.80. The van der Waals surface area contributed by atoms with E-state index >= 15 is 0 Å². The van der Waals surface area contributed by atoms with Crippen LogP contribution in [0.1, 0.15) is 16.9 Å². The van der Waals surface area contributed by atoms with Crippen molar-refractivity contribution in [3.05, 3.63) is 69.4 Å². The van der Waals surface area contributed by atoms with Crippen molar-refractivity contribution in [1.82, 2.24) is 9.88 Å². The molecule has 3 rings (SSSR count). The molecule has 7 nitrogen and oxygen atoms in total. The van der Waals surface area contributed by atoms with E-state index in [0.717, 1.165) is 0 Å². The summed E-state index contributed by atoms with van der Waals surface area (Å²) in [6.45, 7) is 0.776. The van der Waals surface area contributed by atoms with Gasteiger partial charge in [-0.15, -0.1) is 11.3 Å². The van der Waals surface area contributed by atoms with Gasteiger partial charge in [0, 0.05) is 43.4 Å². The summed E-state index contributed by atoms with van der Waals surface area (Å²) in [7, 11) is 1.53. The number of ether oxygens (including phenoxy) is 1. The molecular formula is C22H21Cl2FN4O3S. The third-order valence-corrected chi connectivity index (χ3v) is 5.98. The van der Waals surface area contributed by atoms with Crippen molar-refractivity contribution in [2.75, 3.05) is 37.4 Å². The minimum Gasteiger partial charge on any atom is -0.383 e. The van der Waals surface area contributed by atoms with E-state index in [4.69, 9.17) is 27.9 Å². The highest BCUT2D eigenvalue weighted by Crippen LogP contribution is 2.28. The van der Waals surface area contributed by atoms with Crippen LogP contribution in [-0.2, 0) is 9.53 Å². The standard InChI is InChI=1S/C22H21Cl2FN4O3S/c1-32-11-10-29(9-8-20(30)26-15-4-2-14(25)3-5-15)21(31)19-13-33-22(28-19)27-16-6-7-17(23)18(24)12-16/h2-7,12-13H,8-11H2,1H3,(H,26,30)(H,27,28). The fraction of sp³-hybridized carbons (Fsp3) is 0.227. The Morgan fingerprint density at radius 2 is 1.82 bits per heavy atom. The Morgan fingerprint density at radius 1 is 1.09 bits per heavy atom. The Morgan fingerprint density at radius 3 is 2.52 bits per heavy atom. The minimum atomic E-state index is -0.388. The lowest BCUT2D eigenvalue weighted by Crippen LogP contribution is -2.36. The number of hydrogen-bond acceptors (Lipinski definition) is 6. The number of hydrogen-bond donors (Lipinski definition) is 2. The van der Waals surface area contributed by atoms with E-state index in [2.05, 4.69) is 15.6 Å². The molecule has 174 valence electrons. The predicted octanol–water partition coefficient (Wildman–Crippen LogP) is 5.45. The van der Waals surface area contributed by atoms with Crippen LogP contribution in [0.15, 0.2) is 47.8 Å². The van der Waals surface area contributed by atoms with E-state index < -0.39 is 0 Å². The first-order chi connectivity index (χ1) is 15.9. The zero-order valence-electron chi connectivity index (χ0n) is 17.6. The molecule has 0 saturated heterocycles. The third-order valence-electron chi connectivity index (χ3n) is 4.48. The molecule has 33 heavy (non-hydrogen) atoms. The summed E-state index contributed by atoms with van der Waals surface area (Å²) < 4.78 is 18.1. The Kier molecular flexibility index (Phi) is 9.02. The quantitative estimate of drug-likeness (QED) is 0.378. The van der Waals surface area contributed by atoms with E-state index in [1.807, 2.05) is 0 Å². The molecule has 0 aliphatic heterocycles. The van der Waals surface area contributed by atoms with Crippen molar-refractivity contribution < 1.29 is 18.7 Å². The maximum Gasteiger partial charge on any atom is 0.273 e. The second kappa shape index (κ2) is 11.9. The molecule has 0 saturated carbocycles. The lowest BCUT2D eigenvalue weighted by molar-refractivity contribution is -0.116. The Balaban J connectivity index is 1.61. The number of aromatic nitrogens is 1. The molecule has 1 aromatic heterocycles. The first-order valence-electron chi connectivity index (χ1n) is 9.87. The van der Waals surface area contributed by atoms with Crippen molar-refractivity contribution in [2.24, 2.45) is 0 Å². The van der Waals surface area contributed by atoms with Gasteiger partial charge >= 0.3 is 0 Å². The number of halogens is 3. The zero-order chi connectivity index (χ0) is 23.8. The third kappa shape index (κ3) is 7.40. The number of nitrogens with one attached hydrogen (secondary N) is 2. The number of anilines is 3. The summed E-state index contributed by atoms with van der Waals surface area (Å²) >= 11 is 13.2. The molecule has 11 heteroatoms. The van der Waals surface area contributed by atoms with Crippen LogP contribution in [0.3, 0.4) is 0 Å². The average Bonchev–Trinajstić information content (AvgIpc) is 3.26. The summed E-state index contributed by atoms with van der Waals surface area (Å²) in [5.41, 5.74) is 1.41. The van der Waals surface area contributed by atoms with Crippen LogP contribution in [0.5, 0.6) is 0 Å². The van der Waals surface area contributed by atoms with Gasteiger partial charge in [-0.05, 0) is 42.5 Å². The number of benzene rings is 2. The van der Waals surface area contributed by atoms with Crippen molar-refractivity contribution in [1.29, 1.82) is 0 Å². The number of methoxy groups -OCH3 is 1. The minimum absolute atomic E-state index is 0.0609. The highest BCUT2D eigenvalue weighted by molar-refractivity contribution is 7.14. The number of nitrogens with zero attached hydrogens (tertiary/aromatic N) is 2. The molecule has 2 aromatic carbocycles. The Labute approximate surface area is 204 Å². The second-order valence-electron chi connectivity index (χ2n) is 6.88. The molecule has 3 aromatic rings. The van der Waals surface area contributed by atoms with Gasteiger partial charge < -0.3 is 20.3 Å². The number of amides is 2. The van der Waals surface area contributed by atoms with Crippen LogP contribution in [0, 0.1) is 5.82 Å². The smallest absolute Gasteiger partial charge is 0.273 e. The van der Waals surface area contributed by atoms with Crippen LogP contribution < -0.4 is 10.6 Å². The maximum absolute atomic E-state index is 13.0. The molecule has 0 fully saturated rings. The molecule has 0 radical (unpaired) electrons. The van der Waals surface area contributed by atoms with E-state index in [1.54, 1.807) is 23.6 Å². The molecule has 0 aliphatic carbocycles. The molecule has 2 N–H and O–H groups in total. The average molecular weight is 511 g/mol. The summed E-state index contributed by atoms with van der Waals surface area (Å²) in [6.07, 6.45) is 0.0609. The van der Waals surface area contributed by atoms with E-state index in [1.165, 1.54) is 47.6 Å². The number of thiazole rings is 1. The molecule has 0 aliphatic rings. The van der Waals surface area contributed by atoms with Gasteiger partial charge in [0.2, 0.25) is 5.91 Å². The Hall–Kier alpha value is -2.72. The van der Waals surface area contributed by atoms with Crippen LogP contribution in [-0.4, -0.2) is 48.5 Å². The number of rotatable bonds is 10. The van der Waals surface area contributed by atoms with Gasteiger partial charge in [-0.1, -0.05) is 23.2 Å². The second-order valence-corrected chi connectivity index (χ2v) is 8.55. The highest BCUT2D eigenvalue weighted by Gasteiger charge is 2.20. The summed E-state index contributed by atoms with van der Waals surface area (Å²) in [4.78, 5) is 31.1. The van der Waals surface area contributed by atoms with Gasteiger partial charge in [0.15, 0.2) is 5.13 Å². The molecular weight excluding hydrogens is 490 g/mol. The van der Waals surface area contributed by atoms with Crippen molar-refractivity contribution in [3.63, 3.8) is 0 Å².